The number of hydrogen-bond donors (Lipinski definition) is 0. The number of rotatable bonds is 4. The standard InChI is InChI=1S/C23H24ClN3S/c24-17-9-10-20-21(15-17)28-22-16-25-19-8-3-2-7-18(19)23(22)27(20)14-6-13-26-11-4-1-5-12-26/h2-3,7-10,15-16H,1,4-6,11-14H2. The van der Waals surface area contributed by atoms with Crippen molar-refractivity contribution in [3.8, 4) is 0 Å². The van der Waals surface area contributed by atoms with Gasteiger partial charge in [-0.25, -0.2) is 0 Å². The minimum atomic E-state index is 0.789. The van der Waals surface area contributed by atoms with Crippen molar-refractivity contribution in [2.75, 3.05) is 31.1 Å². The van der Waals surface area contributed by atoms with Crippen LogP contribution >= 0.6 is 23.4 Å². The van der Waals surface area contributed by atoms with Crippen molar-refractivity contribution in [1.82, 2.24) is 9.88 Å². The lowest BCUT2D eigenvalue weighted by Crippen LogP contribution is -2.33. The fourth-order valence-electron chi connectivity index (χ4n) is 4.36. The van der Waals surface area contributed by atoms with Crippen LogP contribution in [0.15, 0.2) is 58.5 Å². The molecule has 1 saturated heterocycles. The van der Waals surface area contributed by atoms with Gasteiger partial charge in [-0.1, -0.05) is 48.0 Å². The number of likely N-dealkylation sites (tertiary alicyclic amines) is 1. The molecule has 3 nitrogen and oxygen atoms in total. The maximum absolute atomic E-state index is 6.30. The first-order chi connectivity index (χ1) is 13.8. The van der Waals surface area contributed by atoms with Crippen molar-refractivity contribution in [1.29, 1.82) is 0 Å². The second kappa shape index (κ2) is 7.94. The fourth-order valence-corrected chi connectivity index (χ4v) is 5.73. The third kappa shape index (κ3) is 3.49. The van der Waals surface area contributed by atoms with Gasteiger partial charge in [0.1, 0.15) is 0 Å². The Hall–Kier alpha value is -1.75. The molecule has 0 bridgehead atoms. The summed E-state index contributed by atoms with van der Waals surface area (Å²) in [5.41, 5.74) is 3.61. The van der Waals surface area contributed by atoms with Gasteiger partial charge < -0.3 is 9.80 Å². The van der Waals surface area contributed by atoms with Gasteiger partial charge >= 0.3 is 0 Å². The molecule has 2 aromatic carbocycles. The van der Waals surface area contributed by atoms with Crippen LogP contribution in [-0.2, 0) is 0 Å². The minimum Gasteiger partial charge on any atom is -0.339 e. The number of halogens is 1. The van der Waals surface area contributed by atoms with E-state index < -0.39 is 0 Å². The van der Waals surface area contributed by atoms with E-state index in [-0.39, 0.29) is 0 Å². The lowest BCUT2D eigenvalue weighted by Gasteiger charge is -2.34. The fraction of sp³-hybridized carbons (Fsp3) is 0.348. The minimum absolute atomic E-state index is 0.789. The molecular formula is C23H24ClN3S. The van der Waals surface area contributed by atoms with Gasteiger partial charge in [-0.15, -0.1) is 0 Å². The maximum Gasteiger partial charge on any atom is 0.0723 e. The summed E-state index contributed by atoms with van der Waals surface area (Å²) < 4.78 is 0. The molecule has 0 spiro atoms. The summed E-state index contributed by atoms with van der Waals surface area (Å²) in [4.78, 5) is 12.2. The average Bonchev–Trinajstić information content (AvgIpc) is 2.73. The van der Waals surface area contributed by atoms with E-state index in [4.69, 9.17) is 11.6 Å². The summed E-state index contributed by atoms with van der Waals surface area (Å²) in [5, 5.41) is 2.02. The van der Waals surface area contributed by atoms with Crippen molar-refractivity contribution in [2.45, 2.75) is 35.5 Å². The summed E-state index contributed by atoms with van der Waals surface area (Å²) in [7, 11) is 0. The van der Waals surface area contributed by atoms with Gasteiger partial charge in [-0.3, -0.25) is 4.98 Å². The molecule has 0 amide bonds. The second-order valence-corrected chi connectivity index (χ2v) is 9.13. The quantitative estimate of drug-likeness (QED) is 0.498. The van der Waals surface area contributed by atoms with Crippen molar-refractivity contribution < 1.29 is 0 Å². The van der Waals surface area contributed by atoms with Crippen LogP contribution in [0, 0.1) is 0 Å². The van der Waals surface area contributed by atoms with Crippen LogP contribution in [0.2, 0.25) is 5.02 Å². The summed E-state index contributed by atoms with van der Waals surface area (Å²) in [6.07, 6.45) is 7.26. The first kappa shape index (κ1) is 18.3. The molecule has 0 N–H and O–H groups in total. The number of benzene rings is 2. The van der Waals surface area contributed by atoms with E-state index in [0.29, 0.717) is 0 Å². The Bertz CT molecular complexity index is 1000. The number of aromatic nitrogens is 1. The van der Waals surface area contributed by atoms with E-state index in [1.54, 1.807) is 11.8 Å². The Labute approximate surface area is 175 Å². The predicted octanol–water partition coefficient (Wildman–Crippen LogP) is 6.37. The van der Waals surface area contributed by atoms with Crippen LogP contribution in [0.1, 0.15) is 25.7 Å². The summed E-state index contributed by atoms with van der Waals surface area (Å²) >= 11 is 8.08. The Morgan fingerprint density at radius 1 is 0.964 bits per heavy atom. The maximum atomic E-state index is 6.30. The summed E-state index contributed by atoms with van der Waals surface area (Å²) in [6, 6.07) is 14.7. The van der Waals surface area contributed by atoms with Gasteiger partial charge in [0.25, 0.3) is 0 Å². The van der Waals surface area contributed by atoms with Gasteiger partial charge in [0.2, 0.25) is 0 Å². The van der Waals surface area contributed by atoms with E-state index in [9.17, 15) is 0 Å². The third-order valence-corrected chi connectivity index (χ3v) is 7.02. The van der Waals surface area contributed by atoms with Crippen molar-refractivity contribution in [2.24, 2.45) is 0 Å². The van der Waals surface area contributed by atoms with Crippen LogP contribution in [0.3, 0.4) is 0 Å². The zero-order chi connectivity index (χ0) is 18.9. The Kier molecular flexibility index (Phi) is 5.19. The molecule has 28 heavy (non-hydrogen) atoms. The third-order valence-electron chi connectivity index (χ3n) is 5.72. The molecule has 3 aromatic rings. The molecular weight excluding hydrogens is 386 g/mol. The van der Waals surface area contributed by atoms with Gasteiger partial charge in [-0.2, -0.15) is 0 Å². The lowest BCUT2D eigenvalue weighted by atomic mass is 10.1. The SMILES string of the molecule is Clc1ccc2c(c1)Sc1cnc3ccccc3c1N2CCCN1CCCCC1. The van der Waals surface area contributed by atoms with E-state index in [1.807, 2.05) is 12.3 Å². The zero-order valence-electron chi connectivity index (χ0n) is 15.9. The van der Waals surface area contributed by atoms with Crippen LogP contribution in [-0.4, -0.2) is 36.1 Å². The van der Waals surface area contributed by atoms with E-state index in [1.165, 1.54) is 65.4 Å². The number of pyridine rings is 1. The molecule has 0 radical (unpaired) electrons. The van der Waals surface area contributed by atoms with E-state index in [0.717, 1.165) is 23.5 Å². The lowest BCUT2D eigenvalue weighted by molar-refractivity contribution is 0.227. The van der Waals surface area contributed by atoms with Crippen molar-refractivity contribution in [3.63, 3.8) is 0 Å². The molecule has 0 aliphatic carbocycles. The topological polar surface area (TPSA) is 19.4 Å². The normalized spacial score (nSPS) is 16.8. The smallest absolute Gasteiger partial charge is 0.0723 e. The molecule has 1 fully saturated rings. The van der Waals surface area contributed by atoms with E-state index >= 15 is 0 Å². The second-order valence-electron chi connectivity index (χ2n) is 7.61. The Morgan fingerprint density at radius 3 is 2.71 bits per heavy atom. The molecule has 5 heteroatoms. The number of piperidine rings is 1. The Morgan fingerprint density at radius 2 is 1.82 bits per heavy atom. The highest BCUT2D eigenvalue weighted by Crippen LogP contribution is 2.50. The number of nitrogens with zero attached hydrogens (tertiary/aromatic N) is 3. The largest absolute Gasteiger partial charge is 0.339 e. The summed E-state index contributed by atoms with van der Waals surface area (Å²) in [6.45, 7) is 4.69. The molecule has 0 saturated carbocycles. The van der Waals surface area contributed by atoms with Crippen LogP contribution < -0.4 is 4.90 Å². The Balaban J connectivity index is 1.50. The van der Waals surface area contributed by atoms with Crippen LogP contribution in [0.5, 0.6) is 0 Å². The molecule has 0 unspecified atom stereocenters. The van der Waals surface area contributed by atoms with Gasteiger partial charge in [0.05, 0.1) is 21.8 Å². The van der Waals surface area contributed by atoms with Gasteiger partial charge in [-0.05, 0) is 63.2 Å². The van der Waals surface area contributed by atoms with Gasteiger partial charge in [0, 0.05) is 28.0 Å². The van der Waals surface area contributed by atoms with Crippen LogP contribution in [0.4, 0.5) is 11.4 Å². The number of para-hydroxylation sites is 1. The molecule has 144 valence electrons. The van der Waals surface area contributed by atoms with Crippen LogP contribution in [0.25, 0.3) is 10.9 Å². The molecule has 2 aliphatic heterocycles. The predicted molar refractivity (Wildman–Crippen MR) is 119 cm³/mol. The highest BCUT2D eigenvalue weighted by Gasteiger charge is 2.26. The highest BCUT2D eigenvalue weighted by molar-refractivity contribution is 7.99. The first-order valence-electron chi connectivity index (χ1n) is 10.1. The monoisotopic (exact) mass is 409 g/mol. The summed E-state index contributed by atoms with van der Waals surface area (Å²) in [5.74, 6) is 0. The molecule has 5 rings (SSSR count). The van der Waals surface area contributed by atoms with Crippen molar-refractivity contribution >= 4 is 45.6 Å². The molecule has 1 aromatic heterocycles. The molecule has 2 aliphatic rings. The van der Waals surface area contributed by atoms with E-state index in [2.05, 4.69) is 51.2 Å². The number of fused-ring (bicyclic) bond motifs is 4. The zero-order valence-corrected chi connectivity index (χ0v) is 17.5. The number of anilines is 2. The van der Waals surface area contributed by atoms with Crippen molar-refractivity contribution in [3.05, 3.63) is 53.7 Å². The molecule has 3 heterocycles. The number of hydrogen-bond acceptors (Lipinski definition) is 4. The highest BCUT2D eigenvalue weighted by atomic mass is 35.5. The average molecular weight is 410 g/mol. The first-order valence-corrected chi connectivity index (χ1v) is 11.3. The molecule has 0 atom stereocenters. The van der Waals surface area contributed by atoms with Gasteiger partial charge in [0.15, 0.2) is 0 Å².